The molecular formula is C21H15NO5S. The molecule has 1 aliphatic rings. The highest BCUT2D eigenvalue weighted by Crippen LogP contribution is 2.44. The molecule has 4 rings (SSSR count). The molecule has 3 aromatic rings. The predicted octanol–water partition coefficient (Wildman–Crippen LogP) is 3.94. The van der Waals surface area contributed by atoms with Crippen LogP contribution in [0.5, 0.6) is 11.5 Å². The summed E-state index contributed by atoms with van der Waals surface area (Å²) in [5.74, 6) is -2.02. The second-order valence-corrected chi connectivity index (χ2v) is 7.17. The van der Waals surface area contributed by atoms with Crippen LogP contribution in [0.4, 0.5) is 5.69 Å². The van der Waals surface area contributed by atoms with Gasteiger partial charge in [0.2, 0.25) is 5.78 Å². The van der Waals surface area contributed by atoms with Crippen LogP contribution in [0.2, 0.25) is 0 Å². The summed E-state index contributed by atoms with van der Waals surface area (Å²) < 4.78 is 0. The van der Waals surface area contributed by atoms with Gasteiger partial charge in [-0.2, -0.15) is 0 Å². The molecule has 0 saturated carbocycles. The van der Waals surface area contributed by atoms with Crippen LogP contribution in [-0.2, 0) is 4.79 Å². The Labute approximate surface area is 164 Å². The van der Waals surface area contributed by atoms with E-state index >= 15 is 0 Å². The van der Waals surface area contributed by atoms with Gasteiger partial charge in [-0.1, -0.05) is 30.3 Å². The Morgan fingerprint density at radius 2 is 1.64 bits per heavy atom. The van der Waals surface area contributed by atoms with E-state index in [0.29, 0.717) is 10.4 Å². The zero-order valence-electron chi connectivity index (χ0n) is 14.4. The molecule has 1 aliphatic heterocycles. The van der Waals surface area contributed by atoms with E-state index in [9.17, 15) is 24.9 Å². The average Bonchev–Trinajstić information content (AvgIpc) is 3.31. The number of thiophene rings is 1. The number of nitrogens with zero attached hydrogens (tertiary/aromatic N) is 1. The molecule has 7 heteroatoms. The molecule has 1 unspecified atom stereocenters. The number of carbonyl (C=O) groups excluding carboxylic acids is 2. The molecule has 3 N–H and O–H groups in total. The predicted molar refractivity (Wildman–Crippen MR) is 105 cm³/mol. The van der Waals surface area contributed by atoms with Gasteiger partial charge in [0.05, 0.1) is 22.2 Å². The van der Waals surface area contributed by atoms with Crippen LogP contribution in [-0.4, -0.2) is 27.0 Å². The third-order valence-electron chi connectivity index (χ3n) is 4.55. The molecule has 0 fully saturated rings. The minimum absolute atomic E-state index is 0.0292. The number of carbonyl (C=O) groups is 2. The standard InChI is InChI=1S/C21H15NO5S/c23-13-9-7-12(8-10-13)18-17(19(25)16-6-3-11-28-16)20(26)21(27)22(18)14-4-1-2-5-15(14)24/h1-11,18,23-24,26H. The number of Topliss-reactive ketones (excluding diaryl/α,β-unsaturated/α-hetero) is 1. The second-order valence-electron chi connectivity index (χ2n) is 6.23. The Hall–Kier alpha value is -3.58. The summed E-state index contributed by atoms with van der Waals surface area (Å²) in [4.78, 5) is 27.6. The van der Waals surface area contributed by atoms with Crippen molar-refractivity contribution in [3.8, 4) is 11.5 Å². The zero-order chi connectivity index (χ0) is 19.8. The number of rotatable bonds is 4. The van der Waals surface area contributed by atoms with Crippen LogP contribution in [0.25, 0.3) is 0 Å². The van der Waals surface area contributed by atoms with Gasteiger partial charge in [0.1, 0.15) is 11.5 Å². The van der Waals surface area contributed by atoms with Crippen molar-refractivity contribution in [2.24, 2.45) is 0 Å². The van der Waals surface area contributed by atoms with Crippen molar-refractivity contribution < 1.29 is 24.9 Å². The van der Waals surface area contributed by atoms with E-state index in [0.717, 1.165) is 0 Å². The van der Waals surface area contributed by atoms with Crippen LogP contribution in [0, 0.1) is 0 Å². The third kappa shape index (κ3) is 2.82. The molecule has 1 aromatic heterocycles. The lowest BCUT2D eigenvalue weighted by molar-refractivity contribution is -0.117. The largest absolute Gasteiger partial charge is 0.508 e. The summed E-state index contributed by atoms with van der Waals surface area (Å²) in [5.41, 5.74) is 0.617. The van der Waals surface area contributed by atoms with Crippen molar-refractivity contribution >= 4 is 28.7 Å². The molecule has 0 radical (unpaired) electrons. The lowest BCUT2D eigenvalue weighted by Gasteiger charge is -2.27. The maximum absolute atomic E-state index is 13.1. The minimum Gasteiger partial charge on any atom is -0.508 e. The summed E-state index contributed by atoms with van der Waals surface area (Å²) in [6.07, 6.45) is 0. The summed E-state index contributed by atoms with van der Waals surface area (Å²) >= 11 is 1.21. The van der Waals surface area contributed by atoms with Gasteiger partial charge in [-0.05, 0) is 41.3 Å². The fourth-order valence-corrected chi connectivity index (χ4v) is 3.94. The number of anilines is 1. The zero-order valence-corrected chi connectivity index (χ0v) is 15.3. The fourth-order valence-electron chi connectivity index (χ4n) is 3.27. The summed E-state index contributed by atoms with van der Waals surface area (Å²) in [6, 6.07) is 14.6. The number of benzene rings is 2. The van der Waals surface area contributed by atoms with Crippen LogP contribution < -0.4 is 4.90 Å². The molecule has 2 aromatic carbocycles. The molecule has 0 bridgehead atoms. The van der Waals surface area contributed by atoms with E-state index in [2.05, 4.69) is 0 Å². The number of aliphatic hydroxyl groups is 1. The number of hydrogen-bond acceptors (Lipinski definition) is 6. The number of aliphatic hydroxyl groups excluding tert-OH is 1. The minimum atomic E-state index is -0.948. The van der Waals surface area contributed by atoms with Crippen LogP contribution >= 0.6 is 11.3 Å². The second kappa shape index (κ2) is 6.86. The van der Waals surface area contributed by atoms with Crippen LogP contribution in [0.3, 0.4) is 0 Å². The molecule has 140 valence electrons. The van der Waals surface area contributed by atoms with Gasteiger partial charge in [0.25, 0.3) is 5.91 Å². The van der Waals surface area contributed by atoms with Crippen molar-refractivity contribution in [3.05, 3.63) is 87.8 Å². The van der Waals surface area contributed by atoms with Crippen LogP contribution in [0.1, 0.15) is 21.3 Å². The lowest BCUT2D eigenvalue weighted by Crippen LogP contribution is -2.31. The Kier molecular flexibility index (Phi) is 4.37. The first-order valence-corrected chi connectivity index (χ1v) is 9.29. The number of amides is 1. The Balaban J connectivity index is 1.91. The van der Waals surface area contributed by atoms with Gasteiger partial charge in [0.15, 0.2) is 5.76 Å². The Morgan fingerprint density at radius 3 is 2.29 bits per heavy atom. The number of aromatic hydroxyl groups is 2. The summed E-state index contributed by atoms with van der Waals surface area (Å²) in [7, 11) is 0. The van der Waals surface area contributed by atoms with Gasteiger partial charge >= 0.3 is 0 Å². The molecule has 0 saturated heterocycles. The summed E-state index contributed by atoms with van der Waals surface area (Å²) in [5, 5.41) is 32.2. The van der Waals surface area contributed by atoms with E-state index in [4.69, 9.17) is 0 Å². The normalized spacial score (nSPS) is 16.6. The summed E-state index contributed by atoms with van der Waals surface area (Å²) in [6.45, 7) is 0. The number of para-hydroxylation sites is 2. The molecule has 1 amide bonds. The Bertz CT molecular complexity index is 1090. The maximum Gasteiger partial charge on any atom is 0.294 e. The van der Waals surface area contributed by atoms with E-state index in [-0.39, 0.29) is 22.8 Å². The van der Waals surface area contributed by atoms with Gasteiger partial charge in [0, 0.05) is 0 Å². The fraction of sp³-hybridized carbons (Fsp3) is 0.0476. The smallest absolute Gasteiger partial charge is 0.294 e. The Morgan fingerprint density at radius 1 is 0.929 bits per heavy atom. The topological polar surface area (TPSA) is 98.1 Å². The quantitative estimate of drug-likeness (QED) is 0.583. The molecule has 0 aliphatic carbocycles. The lowest BCUT2D eigenvalue weighted by atomic mass is 9.95. The van der Waals surface area contributed by atoms with E-state index in [1.54, 1.807) is 41.8 Å². The molecular weight excluding hydrogens is 378 g/mol. The van der Waals surface area contributed by atoms with Crippen molar-refractivity contribution in [2.45, 2.75) is 6.04 Å². The highest BCUT2D eigenvalue weighted by molar-refractivity contribution is 7.12. The van der Waals surface area contributed by atoms with Gasteiger partial charge in [-0.15, -0.1) is 11.3 Å². The average molecular weight is 393 g/mol. The highest BCUT2D eigenvalue weighted by Gasteiger charge is 2.45. The first-order chi connectivity index (χ1) is 13.5. The van der Waals surface area contributed by atoms with Crippen molar-refractivity contribution in [3.63, 3.8) is 0 Å². The number of phenols is 2. The number of ketones is 1. The number of phenolic OH excluding ortho intramolecular Hbond substituents is 2. The first-order valence-electron chi connectivity index (χ1n) is 8.41. The molecule has 6 nitrogen and oxygen atoms in total. The van der Waals surface area contributed by atoms with E-state index in [1.807, 2.05) is 0 Å². The maximum atomic E-state index is 13.1. The van der Waals surface area contributed by atoms with E-state index < -0.39 is 23.5 Å². The van der Waals surface area contributed by atoms with Crippen LogP contribution in [0.15, 0.2) is 77.4 Å². The molecule has 2 heterocycles. The number of hydrogen-bond donors (Lipinski definition) is 3. The molecule has 28 heavy (non-hydrogen) atoms. The van der Waals surface area contributed by atoms with Gasteiger partial charge < -0.3 is 15.3 Å². The van der Waals surface area contributed by atoms with Gasteiger partial charge in [-0.25, -0.2) is 0 Å². The first kappa shape index (κ1) is 17.8. The molecule has 0 spiro atoms. The van der Waals surface area contributed by atoms with Crippen molar-refractivity contribution in [1.29, 1.82) is 0 Å². The van der Waals surface area contributed by atoms with Crippen molar-refractivity contribution in [2.75, 3.05) is 4.90 Å². The molecule has 1 atom stereocenters. The highest BCUT2D eigenvalue weighted by atomic mass is 32.1. The monoisotopic (exact) mass is 393 g/mol. The SMILES string of the molecule is O=C(C1=C(O)C(=O)N(c2ccccc2O)C1c1ccc(O)cc1)c1cccs1. The van der Waals surface area contributed by atoms with E-state index in [1.165, 1.54) is 40.5 Å². The van der Waals surface area contributed by atoms with Gasteiger partial charge in [-0.3, -0.25) is 14.5 Å². The third-order valence-corrected chi connectivity index (χ3v) is 5.42. The van der Waals surface area contributed by atoms with Crippen molar-refractivity contribution in [1.82, 2.24) is 0 Å².